The molecular weight excluding hydrogens is 279 g/mol. The van der Waals surface area contributed by atoms with Gasteiger partial charge in [0.1, 0.15) is 0 Å². The minimum Gasteiger partial charge on any atom is -0.373 e. The van der Waals surface area contributed by atoms with Crippen LogP contribution in [0.25, 0.3) is 0 Å². The summed E-state index contributed by atoms with van der Waals surface area (Å²) < 4.78 is 0. The number of para-hydroxylation sites is 1. The molecule has 0 aliphatic heterocycles. The van der Waals surface area contributed by atoms with Crippen molar-refractivity contribution < 1.29 is 0 Å². The third kappa shape index (κ3) is 3.62. The van der Waals surface area contributed by atoms with Crippen LogP contribution in [0.5, 0.6) is 0 Å². The van der Waals surface area contributed by atoms with Crippen molar-refractivity contribution in [1.82, 2.24) is 4.98 Å². The summed E-state index contributed by atoms with van der Waals surface area (Å²) >= 11 is 12.2. The normalized spacial score (nSPS) is 10.5. The molecule has 0 radical (unpaired) electrons. The summed E-state index contributed by atoms with van der Waals surface area (Å²) in [6, 6.07) is 9.90. The van der Waals surface area contributed by atoms with E-state index in [0.717, 1.165) is 29.2 Å². The van der Waals surface area contributed by atoms with Gasteiger partial charge in [-0.25, -0.2) is 0 Å². The molecule has 1 aromatic carbocycles. The standard InChI is InChI=1S/C15H16Cl2N2/c1-19(10-7-12-5-8-18-9-6-12)15-13(11-16)3-2-4-14(15)17/h2-6,8-9H,7,10-11H2,1H3. The quantitative estimate of drug-likeness (QED) is 0.770. The molecule has 0 N–H and O–H groups in total. The fourth-order valence-corrected chi connectivity index (χ4v) is 2.61. The van der Waals surface area contributed by atoms with Crippen molar-refractivity contribution in [2.75, 3.05) is 18.5 Å². The number of hydrogen-bond donors (Lipinski definition) is 0. The smallest absolute Gasteiger partial charge is 0.0642 e. The van der Waals surface area contributed by atoms with E-state index in [1.165, 1.54) is 5.56 Å². The summed E-state index contributed by atoms with van der Waals surface area (Å²) in [5, 5.41) is 0.746. The van der Waals surface area contributed by atoms with Crippen molar-refractivity contribution in [2.45, 2.75) is 12.3 Å². The number of halogens is 2. The molecule has 2 aromatic rings. The van der Waals surface area contributed by atoms with E-state index in [4.69, 9.17) is 23.2 Å². The van der Waals surface area contributed by atoms with Crippen LogP contribution in [0.15, 0.2) is 42.7 Å². The van der Waals surface area contributed by atoms with E-state index in [2.05, 4.69) is 9.88 Å². The number of anilines is 1. The summed E-state index contributed by atoms with van der Waals surface area (Å²) in [6.45, 7) is 0.887. The Morgan fingerprint density at radius 2 is 1.89 bits per heavy atom. The molecule has 0 aliphatic carbocycles. The molecule has 19 heavy (non-hydrogen) atoms. The Labute approximate surface area is 124 Å². The van der Waals surface area contributed by atoms with Gasteiger partial charge in [0, 0.05) is 31.9 Å². The molecule has 1 aromatic heterocycles. The molecule has 0 fully saturated rings. The van der Waals surface area contributed by atoms with Gasteiger partial charge < -0.3 is 4.90 Å². The van der Waals surface area contributed by atoms with Crippen LogP contribution in [-0.2, 0) is 12.3 Å². The molecule has 4 heteroatoms. The summed E-state index contributed by atoms with van der Waals surface area (Å²) in [7, 11) is 2.04. The first kappa shape index (κ1) is 14.2. The highest BCUT2D eigenvalue weighted by molar-refractivity contribution is 6.33. The highest BCUT2D eigenvalue weighted by Crippen LogP contribution is 2.30. The number of hydrogen-bond acceptors (Lipinski definition) is 2. The van der Waals surface area contributed by atoms with E-state index in [-0.39, 0.29) is 0 Å². The Morgan fingerprint density at radius 3 is 2.58 bits per heavy atom. The Hall–Kier alpha value is -1.25. The summed E-state index contributed by atoms with van der Waals surface area (Å²) in [5.41, 5.74) is 3.35. The Balaban J connectivity index is 2.10. The van der Waals surface area contributed by atoms with Crippen molar-refractivity contribution in [3.05, 3.63) is 58.9 Å². The maximum absolute atomic E-state index is 6.27. The molecule has 0 saturated heterocycles. The van der Waals surface area contributed by atoms with Crippen LogP contribution in [0.3, 0.4) is 0 Å². The van der Waals surface area contributed by atoms with Crippen LogP contribution in [0.4, 0.5) is 5.69 Å². The SMILES string of the molecule is CN(CCc1ccncc1)c1c(Cl)cccc1CCl. The Bertz CT molecular complexity index is 529. The topological polar surface area (TPSA) is 16.1 Å². The lowest BCUT2D eigenvalue weighted by molar-refractivity contribution is 0.870. The molecule has 100 valence electrons. The van der Waals surface area contributed by atoms with E-state index < -0.39 is 0 Å². The first-order chi connectivity index (χ1) is 9.22. The second-order valence-electron chi connectivity index (χ2n) is 4.41. The second-order valence-corrected chi connectivity index (χ2v) is 5.08. The van der Waals surface area contributed by atoms with Gasteiger partial charge in [-0.15, -0.1) is 11.6 Å². The number of benzene rings is 1. The van der Waals surface area contributed by atoms with Gasteiger partial charge in [0.15, 0.2) is 0 Å². The van der Waals surface area contributed by atoms with E-state index in [9.17, 15) is 0 Å². The van der Waals surface area contributed by atoms with Gasteiger partial charge >= 0.3 is 0 Å². The fourth-order valence-electron chi connectivity index (χ4n) is 2.05. The Kier molecular flexibility index (Phi) is 5.06. The van der Waals surface area contributed by atoms with Gasteiger partial charge in [0.2, 0.25) is 0 Å². The molecule has 0 bridgehead atoms. The summed E-state index contributed by atoms with van der Waals surface area (Å²) in [6.07, 6.45) is 4.58. The lowest BCUT2D eigenvalue weighted by Crippen LogP contribution is -2.21. The number of likely N-dealkylation sites (N-methyl/N-ethyl adjacent to an activating group) is 1. The third-order valence-electron chi connectivity index (χ3n) is 3.08. The number of alkyl halides is 1. The van der Waals surface area contributed by atoms with Crippen LogP contribution < -0.4 is 4.90 Å². The largest absolute Gasteiger partial charge is 0.373 e. The minimum absolute atomic E-state index is 0.468. The van der Waals surface area contributed by atoms with E-state index >= 15 is 0 Å². The first-order valence-electron chi connectivity index (χ1n) is 6.15. The predicted octanol–water partition coefficient (Wildman–Crippen LogP) is 4.15. The van der Waals surface area contributed by atoms with Crippen molar-refractivity contribution in [2.24, 2.45) is 0 Å². The zero-order chi connectivity index (χ0) is 13.7. The number of nitrogens with zero attached hydrogens (tertiary/aromatic N) is 2. The van der Waals surface area contributed by atoms with Crippen molar-refractivity contribution in [1.29, 1.82) is 0 Å². The van der Waals surface area contributed by atoms with E-state index in [0.29, 0.717) is 5.88 Å². The van der Waals surface area contributed by atoms with E-state index in [1.54, 1.807) is 0 Å². The van der Waals surface area contributed by atoms with Gasteiger partial charge in [-0.2, -0.15) is 0 Å². The minimum atomic E-state index is 0.468. The zero-order valence-corrected chi connectivity index (χ0v) is 12.3. The molecule has 0 atom stereocenters. The van der Waals surface area contributed by atoms with Gasteiger partial charge in [0.25, 0.3) is 0 Å². The maximum Gasteiger partial charge on any atom is 0.0642 e. The van der Waals surface area contributed by atoms with Crippen LogP contribution in [-0.4, -0.2) is 18.6 Å². The van der Waals surface area contributed by atoms with Crippen LogP contribution in [0, 0.1) is 0 Å². The highest BCUT2D eigenvalue weighted by atomic mass is 35.5. The lowest BCUT2D eigenvalue weighted by atomic mass is 10.1. The van der Waals surface area contributed by atoms with Crippen molar-refractivity contribution >= 4 is 28.9 Å². The van der Waals surface area contributed by atoms with Gasteiger partial charge in [-0.05, 0) is 35.7 Å². The first-order valence-corrected chi connectivity index (χ1v) is 7.07. The highest BCUT2D eigenvalue weighted by Gasteiger charge is 2.10. The van der Waals surface area contributed by atoms with Crippen LogP contribution in [0.2, 0.25) is 5.02 Å². The fraction of sp³-hybridized carbons (Fsp3) is 0.267. The average Bonchev–Trinajstić information content (AvgIpc) is 2.45. The molecule has 1 heterocycles. The van der Waals surface area contributed by atoms with Gasteiger partial charge in [0.05, 0.1) is 10.7 Å². The van der Waals surface area contributed by atoms with Crippen molar-refractivity contribution in [3.8, 4) is 0 Å². The lowest BCUT2D eigenvalue weighted by Gasteiger charge is -2.23. The van der Waals surface area contributed by atoms with E-state index in [1.807, 2.05) is 49.8 Å². The summed E-state index contributed by atoms with van der Waals surface area (Å²) in [4.78, 5) is 6.17. The number of rotatable bonds is 5. The van der Waals surface area contributed by atoms with Crippen molar-refractivity contribution in [3.63, 3.8) is 0 Å². The number of aromatic nitrogens is 1. The average molecular weight is 295 g/mol. The molecule has 2 nitrogen and oxygen atoms in total. The second kappa shape index (κ2) is 6.78. The maximum atomic E-state index is 6.27. The molecule has 0 amide bonds. The van der Waals surface area contributed by atoms with Gasteiger partial charge in [-0.1, -0.05) is 23.7 Å². The molecule has 0 saturated carbocycles. The van der Waals surface area contributed by atoms with Crippen LogP contribution in [0.1, 0.15) is 11.1 Å². The Morgan fingerprint density at radius 1 is 1.16 bits per heavy atom. The predicted molar refractivity (Wildman–Crippen MR) is 82.2 cm³/mol. The van der Waals surface area contributed by atoms with Gasteiger partial charge in [-0.3, -0.25) is 4.98 Å². The molecule has 2 rings (SSSR count). The molecule has 0 unspecified atom stereocenters. The summed E-state index contributed by atoms with van der Waals surface area (Å²) in [5.74, 6) is 0.468. The molecule has 0 spiro atoms. The third-order valence-corrected chi connectivity index (χ3v) is 3.67. The van der Waals surface area contributed by atoms with Crippen LogP contribution >= 0.6 is 23.2 Å². The zero-order valence-electron chi connectivity index (χ0n) is 10.8. The molecular formula is C15H16Cl2N2. The monoisotopic (exact) mass is 294 g/mol. The number of pyridine rings is 1. The molecule has 0 aliphatic rings.